The Kier molecular flexibility index (Phi) is 5.06. The van der Waals surface area contributed by atoms with Crippen LogP contribution in [0.25, 0.3) is 0 Å². The molecule has 4 rings (SSSR count). The maximum atomic E-state index is 12.9. The fourth-order valence-corrected chi connectivity index (χ4v) is 4.81. The largest absolute Gasteiger partial charge is 0.353 e. The van der Waals surface area contributed by atoms with E-state index in [9.17, 15) is 4.79 Å². The van der Waals surface area contributed by atoms with Crippen LogP contribution in [0.2, 0.25) is 5.02 Å². The molecule has 3 aliphatic rings. The van der Waals surface area contributed by atoms with Crippen molar-refractivity contribution in [2.24, 2.45) is 5.92 Å². The third-order valence-corrected chi connectivity index (χ3v) is 6.75. The molecule has 0 aromatic heterocycles. The van der Waals surface area contributed by atoms with Gasteiger partial charge in [-0.1, -0.05) is 36.6 Å². The second kappa shape index (κ2) is 7.28. The van der Waals surface area contributed by atoms with Gasteiger partial charge in [0.05, 0.1) is 5.41 Å². The Labute approximate surface area is 156 Å². The lowest BCUT2D eigenvalue weighted by Crippen LogP contribution is -2.48. The van der Waals surface area contributed by atoms with E-state index >= 15 is 0 Å². The molecule has 1 aromatic carbocycles. The number of hydrogen-bond acceptors (Lipinski definition) is 2. The predicted molar refractivity (Wildman–Crippen MR) is 102 cm³/mol. The zero-order valence-corrected chi connectivity index (χ0v) is 15.7. The van der Waals surface area contributed by atoms with E-state index in [1.165, 1.54) is 32.2 Å². The Balaban J connectivity index is 1.28. The van der Waals surface area contributed by atoms with Gasteiger partial charge in [-0.2, -0.15) is 0 Å². The fraction of sp³-hybridized carbons (Fsp3) is 0.667. The first-order chi connectivity index (χ1) is 12.2. The molecule has 2 aliphatic carbocycles. The first-order valence-corrected chi connectivity index (χ1v) is 10.3. The molecular formula is C21H29ClN2O. The van der Waals surface area contributed by atoms with Gasteiger partial charge in [-0.3, -0.25) is 4.79 Å². The Morgan fingerprint density at radius 1 is 1.08 bits per heavy atom. The van der Waals surface area contributed by atoms with E-state index in [0.717, 1.165) is 55.3 Å². The van der Waals surface area contributed by atoms with Crippen LogP contribution in [0.3, 0.4) is 0 Å². The highest BCUT2D eigenvalue weighted by Gasteiger charge is 2.51. The summed E-state index contributed by atoms with van der Waals surface area (Å²) in [7, 11) is 0. The molecule has 25 heavy (non-hydrogen) atoms. The highest BCUT2D eigenvalue weighted by atomic mass is 35.5. The molecule has 4 heteroatoms. The van der Waals surface area contributed by atoms with Gasteiger partial charge in [0, 0.05) is 30.7 Å². The molecular weight excluding hydrogens is 332 g/mol. The minimum atomic E-state index is -0.286. The lowest BCUT2D eigenvalue weighted by Gasteiger charge is -2.34. The molecule has 0 radical (unpaired) electrons. The number of nitrogens with one attached hydrogen (secondary N) is 1. The SMILES string of the molecule is O=C(NC1CCN(CC2CCCC2)CC1)C1(c2ccc(Cl)cc2)CC1. The Morgan fingerprint density at radius 3 is 2.32 bits per heavy atom. The number of benzene rings is 1. The Hall–Kier alpha value is -1.06. The van der Waals surface area contributed by atoms with Crippen molar-refractivity contribution >= 4 is 17.5 Å². The minimum absolute atomic E-state index is 0.226. The van der Waals surface area contributed by atoms with Gasteiger partial charge >= 0.3 is 0 Å². The molecule has 0 bridgehead atoms. The maximum Gasteiger partial charge on any atom is 0.230 e. The van der Waals surface area contributed by atoms with E-state index < -0.39 is 0 Å². The molecule has 3 nitrogen and oxygen atoms in total. The Morgan fingerprint density at radius 2 is 1.72 bits per heavy atom. The van der Waals surface area contributed by atoms with Crippen LogP contribution in [0.15, 0.2) is 24.3 Å². The first-order valence-electron chi connectivity index (χ1n) is 9.95. The first kappa shape index (κ1) is 17.4. The van der Waals surface area contributed by atoms with E-state index in [4.69, 9.17) is 11.6 Å². The molecule has 136 valence electrons. The summed E-state index contributed by atoms with van der Waals surface area (Å²) in [4.78, 5) is 15.5. The molecule has 0 atom stereocenters. The van der Waals surface area contributed by atoms with Crippen LogP contribution in [0, 0.1) is 5.92 Å². The summed E-state index contributed by atoms with van der Waals surface area (Å²) < 4.78 is 0. The third kappa shape index (κ3) is 3.88. The predicted octanol–water partition coefficient (Wildman–Crippen LogP) is 4.14. The van der Waals surface area contributed by atoms with Crippen LogP contribution in [0.1, 0.15) is 56.9 Å². The van der Waals surface area contributed by atoms with Gasteiger partial charge in [0.1, 0.15) is 0 Å². The molecule has 0 unspecified atom stereocenters. The van der Waals surface area contributed by atoms with Crippen LogP contribution in [0.4, 0.5) is 0 Å². The van der Waals surface area contributed by atoms with Crippen LogP contribution in [-0.2, 0) is 10.2 Å². The van der Waals surface area contributed by atoms with Gasteiger partial charge in [-0.25, -0.2) is 0 Å². The van der Waals surface area contributed by atoms with Gasteiger partial charge in [0.25, 0.3) is 0 Å². The van der Waals surface area contributed by atoms with Crippen molar-refractivity contribution in [3.8, 4) is 0 Å². The van der Waals surface area contributed by atoms with Crippen LogP contribution >= 0.6 is 11.6 Å². The number of carbonyl (C=O) groups excluding carboxylic acids is 1. The molecule has 1 aliphatic heterocycles. The van der Waals surface area contributed by atoms with Crippen molar-refractivity contribution in [3.63, 3.8) is 0 Å². The van der Waals surface area contributed by atoms with E-state index in [-0.39, 0.29) is 11.3 Å². The average molecular weight is 361 g/mol. The maximum absolute atomic E-state index is 12.9. The second-order valence-electron chi connectivity index (χ2n) is 8.29. The zero-order chi connectivity index (χ0) is 17.3. The van der Waals surface area contributed by atoms with E-state index in [2.05, 4.69) is 10.2 Å². The van der Waals surface area contributed by atoms with Crippen LogP contribution < -0.4 is 5.32 Å². The molecule has 1 amide bonds. The second-order valence-corrected chi connectivity index (χ2v) is 8.72. The van der Waals surface area contributed by atoms with Gasteiger partial charge < -0.3 is 10.2 Å². The van der Waals surface area contributed by atoms with Crippen molar-refractivity contribution < 1.29 is 4.79 Å². The molecule has 2 saturated carbocycles. The summed E-state index contributed by atoms with van der Waals surface area (Å²) in [5.41, 5.74) is 0.832. The van der Waals surface area contributed by atoms with E-state index in [1.807, 2.05) is 24.3 Å². The van der Waals surface area contributed by atoms with Crippen molar-refractivity contribution in [2.45, 2.75) is 62.8 Å². The number of amides is 1. The van der Waals surface area contributed by atoms with Crippen LogP contribution in [-0.4, -0.2) is 36.5 Å². The number of halogens is 1. The molecule has 0 spiro atoms. The highest BCUT2D eigenvalue weighted by molar-refractivity contribution is 6.30. The Bertz CT molecular complexity index is 597. The molecule has 1 saturated heterocycles. The summed E-state index contributed by atoms with van der Waals surface area (Å²) in [5.74, 6) is 1.15. The average Bonchev–Trinajstić information content (AvgIpc) is 3.28. The minimum Gasteiger partial charge on any atom is -0.353 e. The number of nitrogens with zero attached hydrogens (tertiary/aromatic N) is 1. The molecule has 1 N–H and O–H groups in total. The summed E-state index contributed by atoms with van der Waals surface area (Å²) >= 11 is 5.99. The number of rotatable bonds is 5. The number of piperidine rings is 1. The molecule has 1 heterocycles. The zero-order valence-electron chi connectivity index (χ0n) is 15.0. The summed E-state index contributed by atoms with van der Waals surface area (Å²) in [6, 6.07) is 8.16. The number of hydrogen-bond donors (Lipinski definition) is 1. The van der Waals surface area contributed by atoms with Crippen molar-refractivity contribution in [3.05, 3.63) is 34.9 Å². The topological polar surface area (TPSA) is 32.3 Å². The van der Waals surface area contributed by atoms with Gasteiger partial charge in [0.2, 0.25) is 5.91 Å². The lowest BCUT2D eigenvalue weighted by atomic mass is 9.93. The van der Waals surface area contributed by atoms with Gasteiger partial charge in [0.15, 0.2) is 0 Å². The van der Waals surface area contributed by atoms with Crippen molar-refractivity contribution in [1.82, 2.24) is 10.2 Å². The number of carbonyl (C=O) groups is 1. The van der Waals surface area contributed by atoms with Gasteiger partial charge in [-0.05, 0) is 62.1 Å². The van der Waals surface area contributed by atoms with Crippen molar-refractivity contribution in [2.75, 3.05) is 19.6 Å². The van der Waals surface area contributed by atoms with E-state index in [1.54, 1.807) is 0 Å². The monoisotopic (exact) mass is 360 g/mol. The summed E-state index contributed by atoms with van der Waals surface area (Å²) in [6.07, 6.45) is 9.78. The van der Waals surface area contributed by atoms with Crippen molar-refractivity contribution in [1.29, 1.82) is 0 Å². The lowest BCUT2D eigenvalue weighted by molar-refractivity contribution is -0.124. The number of likely N-dealkylation sites (tertiary alicyclic amines) is 1. The van der Waals surface area contributed by atoms with E-state index in [0.29, 0.717) is 6.04 Å². The van der Waals surface area contributed by atoms with Crippen LogP contribution in [0.5, 0.6) is 0 Å². The smallest absolute Gasteiger partial charge is 0.230 e. The standard InChI is InChI=1S/C21H29ClN2O/c22-18-7-5-17(6-8-18)21(11-12-21)20(25)23-19-9-13-24(14-10-19)15-16-3-1-2-4-16/h5-8,16,19H,1-4,9-15H2,(H,23,25). The highest BCUT2D eigenvalue weighted by Crippen LogP contribution is 2.48. The van der Waals surface area contributed by atoms with Gasteiger partial charge in [-0.15, -0.1) is 0 Å². The quantitative estimate of drug-likeness (QED) is 0.855. The summed E-state index contributed by atoms with van der Waals surface area (Å²) in [5, 5.41) is 4.08. The third-order valence-electron chi connectivity index (χ3n) is 6.50. The fourth-order valence-electron chi connectivity index (χ4n) is 4.68. The molecule has 1 aromatic rings. The normalized spacial score (nSPS) is 24.4. The summed E-state index contributed by atoms with van der Waals surface area (Å²) in [6.45, 7) is 3.54. The molecule has 3 fully saturated rings.